The quantitative estimate of drug-likeness (QED) is 0.630. The normalized spacial score (nSPS) is 18.8. The molecule has 0 saturated heterocycles. The van der Waals surface area contributed by atoms with Gasteiger partial charge in [-0.1, -0.05) is 12.6 Å². The first kappa shape index (κ1) is 23.7. The van der Waals surface area contributed by atoms with E-state index in [2.05, 4.69) is 11.9 Å². The fraction of sp³-hybridized carbons (Fsp3) is 0.520. The number of aryl methyl sites for hydroxylation is 1. The number of fused-ring (bicyclic) bond motifs is 1. The van der Waals surface area contributed by atoms with E-state index in [0.717, 1.165) is 53.7 Å². The molecule has 0 bridgehead atoms. The molecule has 0 spiro atoms. The van der Waals surface area contributed by atoms with E-state index in [1.165, 1.54) is 6.08 Å². The Balaban J connectivity index is 1.64. The van der Waals surface area contributed by atoms with Crippen molar-refractivity contribution in [1.82, 2.24) is 10.2 Å². The molecule has 0 aliphatic heterocycles. The number of hydrogen-bond acceptors (Lipinski definition) is 5. The van der Waals surface area contributed by atoms with E-state index in [-0.39, 0.29) is 24.1 Å². The molecule has 3 rings (SSSR count). The highest BCUT2D eigenvalue weighted by molar-refractivity contribution is 5.89. The molecular formula is C25H34N2O5. The Kier molecular flexibility index (Phi) is 7.16. The van der Waals surface area contributed by atoms with Crippen LogP contribution in [0.15, 0.2) is 35.3 Å². The van der Waals surface area contributed by atoms with E-state index in [9.17, 15) is 9.59 Å². The molecular weight excluding hydrogens is 408 g/mol. The summed E-state index contributed by atoms with van der Waals surface area (Å²) in [5.41, 5.74) is 1.22. The standard InChI is InChI=1S/C25H34N2O5/c1-7-22(28)27(6)15-21-16(2)23-19(9-8-10-20(23)31-21)30-18-13-11-17(12-14-18)26-24(29)32-25(3,4)5/h7-10,17-18H,1,11-15H2,2-6H3,(H,26,29)/t17-,18-. The Hall–Kier alpha value is -2.96. The van der Waals surface area contributed by atoms with Crippen LogP contribution in [-0.4, -0.2) is 41.7 Å². The van der Waals surface area contributed by atoms with Crippen LogP contribution in [0.3, 0.4) is 0 Å². The zero-order chi connectivity index (χ0) is 23.5. The molecule has 0 unspecified atom stereocenters. The molecule has 1 aromatic carbocycles. The zero-order valence-corrected chi connectivity index (χ0v) is 19.7. The number of nitrogens with zero attached hydrogens (tertiary/aromatic N) is 1. The molecule has 1 saturated carbocycles. The fourth-order valence-electron chi connectivity index (χ4n) is 3.99. The predicted molar refractivity (Wildman–Crippen MR) is 124 cm³/mol. The van der Waals surface area contributed by atoms with Crippen molar-refractivity contribution in [3.05, 3.63) is 42.2 Å². The van der Waals surface area contributed by atoms with E-state index in [1.807, 2.05) is 45.9 Å². The molecule has 0 radical (unpaired) electrons. The molecule has 1 N–H and O–H groups in total. The highest BCUT2D eigenvalue weighted by Gasteiger charge is 2.27. The minimum Gasteiger partial charge on any atom is -0.490 e. The van der Waals surface area contributed by atoms with Crippen molar-refractivity contribution in [2.75, 3.05) is 7.05 Å². The number of carbonyl (C=O) groups is 2. The lowest BCUT2D eigenvalue weighted by atomic mass is 9.93. The Morgan fingerprint density at radius 1 is 1.25 bits per heavy atom. The van der Waals surface area contributed by atoms with Crippen molar-refractivity contribution in [1.29, 1.82) is 0 Å². The Morgan fingerprint density at radius 2 is 1.94 bits per heavy atom. The lowest BCUT2D eigenvalue weighted by Crippen LogP contribution is -2.42. The number of carbonyl (C=O) groups excluding carboxylic acids is 2. The largest absolute Gasteiger partial charge is 0.490 e. The summed E-state index contributed by atoms with van der Waals surface area (Å²) in [6, 6.07) is 5.88. The molecule has 32 heavy (non-hydrogen) atoms. The monoisotopic (exact) mass is 442 g/mol. The van der Waals surface area contributed by atoms with E-state index in [0.29, 0.717) is 6.54 Å². The molecule has 7 nitrogen and oxygen atoms in total. The van der Waals surface area contributed by atoms with Gasteiger partial charge in [-0.2, -0.15) is 0 Å². The van der Waals surface area contributed by atoms with Crippen LogP contribution in [0, 0.1) is 6.92 Å². The van der Waals surface area contributed by atoms with Gasteiger partial charge in [0.25, 0.3) is 0 Å². The van der Waals surface area contributed by atoms with Gasteiger partial charge in [0.15, 0.2) is 0 Å². The molecule has 1 aliphatic rings. The topological polar surface area (TPSA) is 81.0 Å². The second kappa shape index (κ2) is 9.67. The summed E-state index contributed by atoms with van der Waals surface area (Å²) in [4.78, 5) is 25.4. The molecule has 1 heterocycles. The van der Waals surface area contributed by atoms with E-state index in [4.69, 9.17) is 13.9 Å². The van der Waals surface area contributed by atoms with Gasteiger partial charge in [-0.15, -0.1) is 0 Å². The maximum absolute atomic E-state index is 12.0. The smallest absolute Gasteiger partial charge is 0.407 e. The van der Waals surface area contributed by atoms with Gasteiger partial charge in [0.1, 0.15) is 22.7 Å². The minimum atomic E-state index is -0.502. The first-order valence-corrected chi connectivity index (χ1v) is 11.1. The number of likely N-dealkylation sites (N-methyl/N-ethyl adjacent to an activating group) is 1. The van der Waals surface area contributed by atoms with Gasteiger partial charge in [0, 0.05) is 18.7 Å². The minimum absolute atomic E-state index is 0.0695. The Labute approximate surface area is 189 Å². The van der Waals surface area contributed by atoms with Crippen LogP contribution in [0.25, 0.3) is 11.0 Å². The molecule has 1 aliphatic carbocycles. The third-order valence-corrected chi connectivity index (χ3v) is 5.63. The molecule has 1 aromatic heterocycles. The van der Waals surface area contributed by atoms with E-state index < -0.39 is 5.60 Å². The maximum atomic E-state index is 12.0. The summed E-state index contributed by atoms with van der Waals surface area (Å²) in [6.07, 6.45) is 4.36. The number of benzene rings is 1. The number of amides is 2. The molecule has 174 valence electrons. The maximum Gasteiger partial charge on any atom is 0.407 e. The van der Waals surface area contributed by atoms with Crippen LogP contribution in [0.4, 0.5) is 4.79 Å². The van der Waals surface area contributed by atoms with Gasteiger partial charge in [-0.25, -0.2) is 4.79 Å². The summed E-state index contributed by atoms with van der Waals surface area (Å²) in [5, 5.41) is 3.90. The third-order valence-electron chi connectivity index (χ3n) is 5.63. The van der Waals surface area contributed by atoms with Crippen molar-refractivity contribution >= 4 is 23.0 Å². The second-order valence-corrected chi connectivity index (χ2v) is 9.42. The van der Waals surface area contributed by atoms with Crippen molar-refractivity contribution < 1.29 is 23.5 Å². The fourth-order valence-corrected chi connectivity index (χ4v) is 3.99. The lowest BCUT2D eigenvalue weighted by Gasteiger charge is -2.30. The Morgan fingerprint density at radius 3 is 2.56 bits per heavy atom. The first-order valence-electron chi connectivity index (χ1n) is 11.1. The number of hydrogen-bond donors (Lipinski definition) is 1. The van der Waals surface area contributed by atoms with Gasteiger partial charge < -0.3 is 24.1 Å². The number of alkyl carbamates (subject to hydrolysis) is 1. The number of nitrogens with one attached hydrogen (secondary N) is 1. The summed E-state index contributed by atoms with van der Waals surface area (Å²) < 4.78 is 17.7. The summed E-state index contributed by atoms with van der Waals surface area (Å²) in [7, 11) is 1.72. The first-order chi connectivity index (χ1) is 15.1. The van der Waals surface area contributed by atoms with Gasteiger partial charge in [0.05, 0.1) is 18.0 Å². The Bertz CT molecular complexity index is 980. The molecule has 2 amide bonds. The van der Waals surface area contributed by atoms with Gasteiger partial charge in [-0.05, 0) is 71.6 Å². The average Bonchev–Trinajstić information content (AvgIpc) is 3.03. The summed E-state index contributed by atoms with van der Waals surface area (Å²) in [6.45, 7) is 11.5. The zero-order valence-electron chi connectivity index (χ0n) is 19.7. The average molecular weight is 443 g/mol. The van der Waals surface area contributed by atoms with Crippen molar-refractivity contribution in [2.24, 2.45) is 0 Å². The van der Waals surface area contributed by atoms with Crippen LogP contribution in [0.2, 0.25) is 0 Å². The van der Waals surface area contributed by atoms with Gasteiger partial charge >= 0.3 is 6.09 Å². The highest BCUT2D eigenvalue weighted by atomic mass is 16.6. The van der Waals surface area contributed by atoms with Crippen LogP contribution in [-0.2, 0) is 16.1 Å². The van der Waals surface area contributed by atoms with Crippen molar-refractivity contribution in [2.45, 2.75) is 77.7 Å². The number of furan rings is 1. The molecule has 0 atom stereocenters. The lowest BCUT2D eigenvalue weighted by molar-refractivity contribution is -0.125. The third kappa shape index (κ3) is 5.84. The van der Waals surface area contributed by atoms with E-state index >= 15 is 0 Å². The molecule has 2 aromatic rings. The number of ether oxygens (including phenoxy) is 2. The SMILES string of the molecule is C=CC(=O)N(C)Cc1oc2cccc(O[C@H]3CC[C@H](NC(=O)OC(C)(C)C)CC3)c2c1C. The molecule has 1 fully saturated rings. The van der Waals surface area contributed by atoms with Gasteiger partial charge in [0.2, 0.25) is 5.91 Å². The van der Waals surface area contributed by atoms with Crippen LogP contribution in [0.5, 0.6) is 5.75 Å². The van der Waals surface area contributed by atoms with Crippen molar-refractivity contribution in [3.63, 3.8) is 0 Å². The second-order valence-electron chi connectivity index (χ2n) is 9.42. The number of rotatable bonds is 6. The molecule has 7 heteroatoms. The van der Waals surface area contributed by atoms with Gasteiger partial charge in [-0.3, -0.25) is 4.79 Å². The summed E-state index contributed by atoms with van der Waals surface area (Å²) in [5.74, 6) is 1.37. The van der Waals surface area contributed by atoms with Crippen molar-refractivity contribution in [3.8, 4) is 5.75 Å². The predicted octanol–water partition coefficient (Wildman–Crippen LogP) is 5.10. The van der Waals surface area contributed by atoms with Crippen LogP contribution in [0.1, 0.15) is 57.8 Å². The van der Waals surface area contributed by atoms with E-state index in [1.54, 1.807) is 11.9 Å². The summed E-state index contributed by atoms with van der Waals surface area (Å²) >= 11 is 0. The van der Waals surface area contributed by atoms with Crippen LogP contribution >= 0.6 is 0 Å². The highest BCUT2D eigenvalue weighted by Crippen LogP contribution is 2.35. The van der Waals surface area contributed by atoms with Crippen LogP contribution < -0.4 is 10.1 Å².